The van der Waals surface area contributed by atoms with Crippen LogP contribution >= 0.6 is 0 Å². The third-order valence-electron chi connectivity index (χ3n) is 2.82. The molecule has 3 heteroatoms. The highest BCUT2D eigenvalue weighted by Crippen LogP contribution is 2.21. The minimum absolute atomic E-state index is 0.778. The molecular weight excluding hydrogens is 224 g/mol. The number of aryl methyl sites for hydroxylation is 2. The topological polar surface area (TPSA) is 34.1 Å². The van der Waals surface area contributed by atoms with Crippen LogP contribution in [0.3, 0.4) is 0 Å². The van der Waals surface area contributed by atoms with Crippen LogP contribution in [0.1, 0.15) is 16.7 Å². The smallest absolute Gasteiger partial charge is 0.121 e. The number of aromatic nitrogens is 1. The van der Waals surface area contributed by atoms with Crippen LogP contribution in [0.15, 0.2) is 36.7 Å². The van der Waals surface area contributed by atoms with Gasteiger partial charge < -0.3 is 10.1 Å². The molecule has 0 saturated heterocycles. The second-order valence-electron chi connectivity index (χ2n) is 4.41. The van der Waals surface area contributed by atoms with E-state index < -0.39 is 0 Å². The van der Waals surface area contributed by atoms with E-state index in [1.54, 1.807) is 7.11 Å². The van der Waals surface area contributed by atoms with Gasteiger partial charge in [0.25, 0.3) is 0 Å². The summed E-state index contributed by atoms with van der Waals surface area (Å²) in [5, 5.41) is 3.38. The van der Waals surface area contributed by atoms with Gasteiger partial charge in [0.05, 0.1) is 7.11 Å². The van der Waals surface area contributed by atoms with Gasteiger partial charge in [-0.05, 0) is 48.7 Å². The molecule has 0 aliphatic heterocycles. The molecule has 0 atom stereocenters. The zero-order valence-electron chi connectivity index (χ0n) is 11.0. The van der Waals surface area contributed by atoms with Crippen molar-refractivity contribution in [3.05, 3.63) is 53.3 Å². The molecule has 0 spiro atoms. The number of methoxy groups -OCH3 is 1. The van der Waals surface area contributed by atoms with Gasteiger partial charge in [0.1, 0.15) is 5.75 Å². The Morgan fingerprint density at radius 3 is 2.67 bits per heavy atom. The Morgan fingerprint density at radius 2 is 2.00 bits per heavy atom. The lowest BCUT2D eigenvalue weighted by Crippen LogP contribution is -2.00. The largest absolute Gasteiger partial charge is 0.496 e. The van der Waals surface area contributed by atoms with Crippen LogP contribution in [0.25, 0.3) is 0 Å². The van der Waals surface area contributed by atoms with E-state index in [-0.39, 0.29) is 0 Å². The van der Waals surface area contributed by atoms with Crippen molar-refractivity contribution in [3.63, 3.8) is 0 Å². The second-order valence-corrected chi connectivity index (χ2v) is 4.41. The van der Waals surface area contributed by atoms with Crippen molar-refractivity contribution >= 4 is 5.69 Å². The van der Waals surface area contributed by atoms with Gasteiger partial charge in [0.15, 0.2) is 0 Å². The minimum Gasteiger partial charge on any atom is -0.496 e. The number of rotatable bonds is 4. The Hall–Kier alpha value is -2.03. The molecule has 0 bridgehead atoms. The summed E-state index contributed by atoms with van der Waals surface area (Å²) >= 11 is 0. The standard InChI is InChI=1S/C15H18N2O/c1-11-6-13(9-16-8-11)10-17-14-4-5-15(18-3)12(2)7-14/h4-9,17H,10H2,1-3H3. The van der Waals surface area contributed by atoms with Crippen molar-refractivity contribution in [1.82, 2.24) is 4.98 Å². The van der Waals surface area contributed by atoms with E-state index in [0.29, 0.717) is 0 Å². The lowest BCUT2D eigenvalue weighted by atomic mass is 10.2. The highest BCUT2D eigenvalue weighted by Gasteiger charge is 2.00. The molecule has 0 fully saturated rings. The Balaban J connectivity index is 2.04. The molecule has 1 aromatic heterocycles. The van der Waals surface area contributed by atoms with E-state index in [9.17, 15) is 0 Å². The number of benzene rings is 1. The first kappa shape index (κ1) is 12.4. The van der Waals surface area contributed by atoms with Crippen molar-refractivity contribution in [2.75, 3.05) is 12.4 Å². The Morgan fingerprint density at radius 1 is 1.17 bits per heavy atom. The molecule has 0 aliphatic carbocycles. The van der Waals surface area contributed by atoms with E-state index in [1.165, 1.54) is 11.1 Å². The highest BCUT2D eigenvalue weighted by atomic mass is 16.5. The minimum atomic E-state index is 0.778. The zero-order valence-corrected chi connectivity index (χ0v) is 11.0. The van der Waals surface area contributed by atoms with Crippen LogP contribution < -0.4 is 10.1 Å². The molecule has 3 nitrogen and oxygen atoms in total. The van der Waals surface area contributed by atoms with Crippen LogP contribution in [0, 0.1) is 13.8 Å². The number of nitrogens with zero attached hydrogens (tertiary/aromatic N) is 1. The first-order valence-electron chi connectivity index (χ1n) is 5.98. The van der Waals surface area contributed by atoms with Gasteiger partial charge in [-0.25, -0.2) is 0 Å². The average Bonchev–Trinajstić information content (AvgIpc) is 2.37. The molecule has 0 aliphatic rings. The fourth-order valence-electron chi connectivity index (χ4n) is 1.91. The van der Waals surface area contributed by atoms with Gasteiger partial charge in [-0.15, -0.1) is 0 Å². The van der Waals surface area contributed by atoms with Crippen molar-refractivity contribution in [2.45, 2.75) is 20.4 Å². The van der Waals surface area contributed by atoms with Crippen molar-refractivity contribution in [3.8, 4) is 5.75 Å². The molecule has 1 N–H and O–H groups in total. The fourth-order valence-corrected chi connectivity index (χ4v) is 1.91. The predicted octanol–water partition coefficient (Wildman–Crippen LogP) is 3.32. The maximum atomic E-state index is 5.24. The Labute approximate surface area is 108 Å². The van der Waals surface area contributed by atoms with Crippen LogP contribution in [0.2, 0.25) is 0 Å². The van der Waals surface area contributed by atoms with E-state index in [1.807, 2.05) is 38.4 Å². The highest BCUT2D eigenvalue weighted by molar-refractivity contribution is 5.51. The summed E-state index contributed by atoms with van der Waals surface area (Å²) in [6.45, 7) is 4.87. The summed E-state index contributed by atoms with van der Waals surface area (Å²) in [5.41, 5.74) is 4.59. The first-order valence-corrected chi connectivity index (χ1v) is 5.98. The van der Waals surface area contributed by atoms with Gasteiger partial charge in [-0.3, -0.25) is 4.98 Å². The summed E-state index contributed by atoms with van der Waals surface area (Å²) < 4.78 is 5.24. The molecule has 0 unspecified atom stereocenters. The summed E-state index contributed by atoms with van der Waals surface area (Å²) in [4.78, 5) is 4.18. The second kappa shape index (κ2) is 5.54. The molecule has 0 radical (unpaired) electrons. The van der Waals surface area contributed by atoms with Crippen molar-refractivity contribution < 1.29 is 4.74 Å². The summed E-state index contributed by atoms with van der Waals surface area (Å²) in [7, 11) is 1.69. The van der Waals surface area contributed by atoms with Gasteiger partial charge in [0.2, 0.25) is 0 Å². The van der Waals surface area contributed by atoms with Gasteiger partial charge in [0, 0.05) is 24.6 Å². The molecule has 94 valence electrons. The lowest BCUT2D eigenvalue weighted by molar-refractivity contribution is 0.412. The maximum Gasteiger partial charge on any atom is 0.121 e. The Kier molecular flexibility index (Phi) is 3.82. The normalized spacial score (nSPS) is 10.2. The molecular formula is C15H18N2O. The number of nitrogens with one attached hydrogen (secondary N) is 1. The molecule has 0 amide bonds. The number of ether oxygens (including phenoxy) is 1. The maximum absolute atomic E-state index is 5.24. The first-order chi connectivity index (χ1) is 8.69. The van der Waals surface area contributed by atoms with Crippen molar-refractivity contribution in [2.24, 2.45) is 0 Å². The number of hydrogen-bond acceptors (Lipinski definition) is 3. The Bertz CT molecular complexity index is 538. The van der Waals surface area contributed by atoms with E-state index >= 15 is 0 Å². The van der Waals surface area contributed by atoms with Gasteiger partial charge in [-0.2, -0.15) is 0 Å². The van der Waals surface area contributed by atoms with Crippen LogP contribution in [-0.2, 0) is 6.54 Å². The van der Waals surface area contributed by atoms with E-state index in [4.69, 9.17) is 4.74 Å². The average molecular weight is 242 g/mol. The lowest BCUT2D eigenvalue weighted by Gasteiger charge is -2.10. The molecule has 2 aromatic rings. The molecule has 1 aromatic carbocycles. The third-order valence-corrected chi connectivity index (χ3v) is 2.82. The van der Waals surface area contributed by atoms with E-state index in [2.05, 4.69) is 22.4 Å². The summed E-state index contributed by atoms with van der Waals surface area (Å²) in [6, 6.07) is 8.22. The van der Waals surface area contributed by atoms with Gasteiger partial charge in [-0.1, -0.05) is 6.07 Å². The summed E-state index contributed by atoms with van der Waals surface area (Å²) in [5.74, 6) is 0.915. The molecule has 1 heterocycles. The number of anilines is 1. The quantitative estimate of drug-likeness (QED) is 0.893. The SMILES string of the molecule is COc1ccc(NCc2cncc(C)c2)cc1C. The zero-order chi connectivity index (χ0) is 13.0. The third kappa shape index (κ3) is 3.00. The monoisotopic (exact) mass is 242 g/mol. The van der Waals surface area contributed by atoms with Crippen LogP contribution in [0.4, 0.5) is 5.69 Å². The molecule has 18 heavy (non-hydrogen) atoms. The van der Waals surface area contributed by atoms with Gasteiger partial charge >= 0.3 is 0 Å². The molecule has 2 rings (SSSR count). The molecule has 0 saturated carbocycles. The van der Waals surface area contributed by atoms with Crippen LogP contribution in [-0.4, -0.2) is 12.1 Å². The van der Waals surface area contributed by atoms with Crippen molar-refractivity contribution in [1.29, 1.82) is 0 Å². The summed E-state index contributed by atoms with van der Waals surface area (Å²) in [6.07, 6.45) is 3.75. The fraction of sp³-hybridized carbons (Fsp3) is 0.267. The van der Waals surface area contributed by atoms with Crippen LogP contribution in [0.5, 0.6) is 5.75 Å². The predicted molar refractivity (Wildman–Crippen MR) is 74.0 cm³/mol. The number of hydrogen-bond donors (Lipinski definition) is 1. The van der Waals surface area contributed by atoms with E-state index in [0.717, 1.165) is 23.5 Å². The number of pyridine rings is 1.